The Morgan fingerprint density at radius 1 is 0.853 bits per heavy atom. The van der Waals surface area contributed by atoms with Crippen molar-refractivity contribution in [1.29, 1.82) is 0 Å². The molecular formula is C27H28N4O3. The number of rotatable bonds is 8. The van der Waals surface area contributed by atoms with E-state index >= 15 is 0 Å². The first kappa shape index (κ1) is 23.1. The van der Waals surface area contributed by atoms with Gasteiger partial charge in [0.1, 0.15) is 17.3 Å². The Hall–Kier alpha value is -4.10. The quantitative estimate of drug-likeness (QED) is 0.381. The number of carbonyl (C=O) groups excluding carboxylic acids is 1. The van der Waals surface area contributed by atoms with Crippen molar-refractivity contribution in [3.8, 4) is 22.6 Å². The average molecular weight is 457 g/mol. The maximum atomic E-state index is 12.0. The number of aromatic nitrogens is 1. The van der Waals surface area contributed by atoms with E-state index < -0.39 is 0 Å². The number of likely N-dealkylation sites (N-methyl/N-ethyl adjacent to an activating group) is 1. The van der Waals surface area contributed by atoms with Gasteiger partial charge in [-0.25, -0.2) is 4.98 Å². The number of ether oxygens (including phenoxy) is 2. The van der Waals surface area contributed by atoms with Crippen molar-refractivity contribution in [2.45, 2.75) is 0 Å². The summed E-state index contributed by atoms with van der Waals surface area (Å²) < 4.78 is 10.7. The number of carbonyl (C=O) groups is 1. The summed E-state index contributed by atoms with van der Waals surface area (Å²) in [5.74, 6) is 2.21. The molecular weight excluding hydrogens is 428 g/mol. The standard InChI is InChI=1S/C27H28N4O3/c1-31(2)17-26(32)28-20-8-10-21(11-9-20)29-27-24(18-5-12-22(33-3)13-6-18)15-19-7-14-23(34-4)16-25(19)30-27/h5-16H,17H2,1-4H3,(H,28,32)(H,29,30). The second kappa shape index (κ2) is 10.2. The molecule has 2 N–H and O–H groups in total. The van der Waals surface area contributed by atoms with Crippen LogP contribution in [0, 0.1) is 0 Å². The lowest BCUT2D eigenvalue weighted by molar-refractivity contribution is -0.116. The number of amides is 1. The number of hydrogen-bond acceptors (Lipinski definition) is 6. The van der Waals surface area contributed by atoms with E-state index in [9.17, 15) is 4.79 Å². The van der Waals surface area contributed by atoms with E-state index in [1.54, 1.807) is 14.2 Å². The maximum absolute atomic E-state index is 12.0. The van der Waals surface area contributed by atoms with E-state index in [2.05, 4.69) is 16.7 Å². The number of nitrogens with zero attached hydrogens (tertiary/aromatic N) is 2. The molecule has 7 heteroatoms. The van der Waals surface area contributed by atoms with Crippen molar-refractivity contribution in [2.75, 3.05) is 45.5 Å². The topological polar surface area (TPSA) is 75.7 Å². The Balaban J connectivity index is 1.67. The minimum absolute atomic E-state index is 0.0577. The molecule has 0 fully saturated rings. The molecule has 34 heavy (non-hydrogen) atoms. The van der Waals surface area contributed by atoms with Crippen molar-refractivity contribution >= 4 is 34.0 Å². The van der Waals surface area contributed by atoms with Crippen molar-refractivity contribution in [3.05, 3.63) is 72.8 Å². The molecule has 0 aliphatic rings. The fraction of sp³-hybridized carbons (Fsp3) is 0.185. The van der Waals surface area contributed by atoms with E-state index in [0.29, 0.717) is 6.54 Å². The lowest BCUT2D eigenvalue weighted by Gasteiger charge is -2.15. The van der Waals surface area contributed by atoms with Crippen molar-refractivity contribution in [3.63, 3.8) is 0 Å². The van der Waals surface area contributed by atoms with Gasteiger partial charge in [0, 0.05) is 28.4 Å². The molecule has 0 aliphatic carbocycles. The Bertz CT molecular complexity index is 1290. The summed E-state index contributed by atoms with van der Waals surface area (Å²) in [5.41, 5.74) is 4.40. The number of pyridine rings is 1. The summed E-state index contributed by atoms with van der Waals surface area (Å²) in [6.07, 6.45) is 0. The lowest BCUT2D eigenvalue weighted by atomic mass is 10.0. The van der Waals surface area contributed by atoms with Crippen molar-refractivity contribution in [2.24, 2.45) is 0 Å². The van der Waals surface area contributed by atoms with Gasteiger partial charge in [-0.1, -0.05) is 12.1 Å². The van der Waals surface area contributed by atoms with Crippen LogP contribution in [-0.4, -0.2) is 50.7 Å². The van der Waals surface area contributed by atoms with Crippen LogP contribution in [0.15, 0.2) is 72.8 Å². The number of anilines is 3. The van der Waals surface area contributed by atoms with Gasteiger partial charge in [-0.15, -0.1) is 0 Å². The number of benzene rings is 3. The fourth-order valence-electron chi connectivity index (χ4n) is 3.62. The largest absolute Gasteiger partial charge is 0.497 e. The molecule has 0 atom stereocenters. The Kier molecular flexibility index (Phi) is 6.94. The molecule has 1 amide bonds. The number of methoxy groups -OCH3 is 2. The van der Waals surface area contributed by atoms with Gasteiger partial charge in [0.15, 0.2) is 0 Å². The Labute approximate surface area is 199 Å². The fourth-order valence-corrected chi connectivity index (χ4v) is 3.62. The summed E-state index contributed by atoms with van der Waals surface area (Å²) in [6.45, 7) is 0.329. The predicted molar refractivity (Wildman–Crippen MR) is 137 cm³/mol. The normalized spacial score (nSPS) is 10.9. The van der Waals surface area contributed by atoms with Gasteiger partial charge < -0.3 is 25.0 Å². The highest BCUT2D eigenvalue weighted by molar-refractivity contribution is 5.93. The van der Waals surface area contributed by atoms with Gasteiger partial charge in [-0.2, -0.15) is 0 Å². The zero-order valence-electron chi connectivity index (χ0n) is 19.8. The van der Waals surface area contributed by atoms with Crippen LogP contribution in [0.2, 0.25) is 0 Å². The molecule has 7 nitrogen and oxygen atoms in total. The van der Waals surface area contributed by atoms with Crippen LogP contribution in [0.3, 0.4) is 0 Å². The Morgan fingerprint density at radius 3 is 2.15 bits per heavy atom. The van der Waals surface area contributed by atoms with Crippen LogP contribution in [0.5, 0.6) is 11.5 Å². The Morgan fingerprint density at radius 2 is 1.50 bits per heavy atom. The average Bonchev–Trinajstić information content (AvgIpc) is 2.84. The third-order valence-corrected chi connectivity index (χ3v) is 5.32. The van der Waals surface area contributed by atoms with Gasteiger partial charge in [-0.3, -0.25) is 4.79 Å². The highest BCUT2D eigenvalue weighted by atomic mass is 16.5. The van der Waals surface area contributed by atoms with Crippen LogP contribution < -0.4 is 20.1 Å². The molecule has 4 aromatic rings. The number of fused-ring (bicyclic) bond motifs is 1. The predicted octanol–water partition coefficient (Wildman–Crippen LogP) is 5.16. The second-order valence-corrected chi connectivity index (χ2v) is 8.16. The smallest absolute Gasteiger partial charge is 0.238 e. The third kappa shape index (κ3) is 5.44. The van der Waals surface area contributed by atoms with Gasteiger partial charge in [0.05, 0.1) is 26.3 Å². The first-order valence-corrected chi connectivity index (χ1v) is 10.9. The maximum Gasteiger partial charge on any atom is 0.238 e. The van der Waals surface area contributed by atoms with E-state index in [0.717, 1.165) is 50.7 Å². The molecule has 3 aromatic carbocycles. The van der Waals surface area contributed by atoms with Crippen LogP contribution in [-0.2, 0) is 4.79 Å². The molecule has 0 spiro atoms. The van der Waals surface area contributed by atoms with Crippen molar-refractivity contribution < 1.29 is 14.3 Å². The molecule has 0 radical (unpaired) electrons. The molecule has 1 heterocycles. The summed E-state index contributed by atoms with van der Waals surface area (Å²) in [5, 5.41) is 7.35. The number of hydrogen-bond donors (Lipinski definition) is 2. The van der Waals surface area contributed by atoms with Gasteiger partial charge in [0.2, 0.25) is 5.91 Å². The highest BCUT2D eigenvalue weighted by Crippen LogP contribution is 2.34. The molecule has 4 rings (SSSR count). The summed E-state index contributed by atoms with van der Waals surface area (Å²) >= 11 is 0. The van der Waals surface area contributed by atoms with Gasteiger partial charge in [0.25, 0.3) is 0 Å². The highest BCUT2D eigenvalue weighted by Gasteiger charge is 2.12. The van der Waals surface area contributed by atoms with E-state index in [1.807, 2.05) is 85.7 Å². The first-order valence-electron chi connectivity index (χ1n) is 10.9. The first-order chi connectivity index (χ1) is 16.4. The van der Waals surface area contributed by atoms with Gasteiger partial charge in [-0.05, 0) is 74.3 Å². The van der Waals surface area contributed by atoms with Crippen LogP contribution in [0.25, 0.3) is 22.0 Å². The SMILES string of the molecule is COc1ccc(-c2cc3ccc(OC)cc3nc2Nc2ccc(NC(=O)CN(C)C)cc2)cc1. The van der Waals surface area contributed by atoms with Crippen molar-refractivity contribution in [1.82, 2.24) is 9.88 Å². The van der Waals surface area contributed by atoms with E-state index in [1.165, 1.54) is 0 Å². The molecule has 0 unspecified atom stereocenters. The zero-order valence-corrected chi connectivity index (χ0v) is 19.8. The molecule has 0 bridgehead atoms. The van der Waals surface area contributed by atoms with Crippen LogP contribution in [0.1, 0.15) is 0 Å². The minimum atomic E-state index is -0.0577. The molecule has 1 aromatic heterocycles. The molecule has 174 valence electrons. The molecule has 0 aliphatic heterocycles. The van der Waals surface area contributed by atoms with Crippen LogP contribution >= 0.6 is 0 Å². The summed E-state index contributed by atoms with van der Waals surface area (Å²) in [4.78, 5) is 18.8. The molecule has 0 saturated carbocycles. The monoisotopic (exact) mass is 456 g/mol. The van der Waals surface area contributed by atoms with Gasteiger partial charge >= 0.3 is 0 Å². The van der Waals surface area contributed by atoms with E-state index in [4.69, 9.17) is 14.5 Å². The summed E-state index contributed by atoms with van der Waals surface area (Å²) in [7, 11) is 7.02. The van der Waals surface area contributed by atoms with Crippen LogP contribution in [0.4, 0.5) is 17.2 Å². The summed E-state index contributed by atoms with van der Waals surface area (Å²) in [6, 6.07) is 23.4. The molecule has 0 saturated heterocycles. The zero-order chi connectivity index (χ0) is 24.1. The third-order valence-electron chi connectivity index (χ3n) is 5.32. The lowest BCUT2D eigenvalue weighted by Crippen LogP contribution is -2.27. The second-order valence-electron chi connectivity index (χ2n) is 8.16. The minimum Gasteiger partial charge on any atom is -0.497 e. The van der Waals surface area contributed by atoms with E-state index in [-0.39, 0.29) is 5.91 Å². The number of nitrogens with one attached hydrogen (secondary N) is 2.